The largest absolute Gasteiger partial charge is 0.359 e. The van der Waals surface area contributed by atoms with E-state index in [4.69, 9.17) is 0 Å². The summed E-state index contributed by atoms with van der Waals surface area (Å²) in [4.78, 5) is 0. The quantitative estimate of drug-likeness (QED) is 0.545. The van der Waals surface area contributed by atoms with E-state index in [1.807, 2.05) is 6.92 Å². The summed E-state index contributed by atoms with van der Waals surface area (Å²) in [6, 6.07) is 0. The van der Waals surface area contributed by atoms with E-state index in [-0.39, 0.29) is 0 Å². The van der Waals surface area contributed by atoms with Gasteiger partial charge in [-0.25, -0.2) is 0 Å². The molecule has 4 heteroatoms. The molecule has 11 heavy (non-hydrogen) atoms. The van der Waals surface area contributed by atoms with Gasteiger partial charge in [0.15, 0.2) is 0 Å². The Morgan fingerprint density at radius 2 is 2.64 bits per heavy atom. The van der Waals surface area contributed by atoms with Crippen molar-refractivity contribution in [1.29, 1.82) is 0 Å². The fourth-order valence-corrected chi connectivity index (χ4v) is 1.08. The average Bonchev–Trinajstić information content (AvgIpc) is 2.50. The molecule has 0 spiro atoms. The molecule has 1 aromatic rings. The van der Waals surface area contributed by atoms with Crippen molar-refractivity contribution >= 4 is 16.5 Å². The number of hydrogen-bond acceptors (Lipinski definition) is 4. The van der Waals surface area contributed by atoms with E-state index in [9.17, 15) is 0 Å². The van der Waals surface area contributed by atoms with Crippen LogP contribution in [0.4, 0.5) is 5.13 Å². The van der Waals surface area contributed by atoms with Gasteiger partial charge in [0.25, 0.3) is 0 Å². The van der Waals surface area contributed by atoms with Crippen LogP contribution in [-0.4, -0.2) is 16.7 Å². The second kappa shape index (κ2) is 4.69. The third-order valence-corrected chi connectivity index (χ3v) is 1.71. The van der Waals surface area contributed by atoms with Crippen LogP contribution in [0.5, 0.6) is 0 Å². The molecule has 0 fully saturated rings. The zero-order valence-corrected chi connectivity index (χ0v) is 7.11. The van der Waals surface area contributed by atoms with E-state index < -0.39 is 0 Å². The van der Waals surface area contributed by atoms with E-state index in [2.05, 4.69) is 27.4 Å². The molecule has 0 saturated heterocycles. The Morgan fingerprint density at radius 3 is 3.27 bits per heavy atom. The van der Waals surface area contributed by atoms with Gasteiger partial charge in [0.05, 0.1) is 0 Å². The maximum absolute atomic E-state index is 3.82. The Morgan fingerprint density at radius 1 is 1.73 bits per heavy atom. The standard InChI is InChI=1S/C7H9N3S/c1-2-3-4-5-8-7-10-9-6-11-7/h6H,4-5H2,1H3,(H,8,10). The van der Waals surface area contributed by atoms with Crippen LogP contribution in [0.2, 0.25) is 0 Å². The molecule has 0 radical (unpaired) electrons. The Labute approximate surface area is 69.9 Å². The van der Waals surface area contributed by atoms with Crippen LogP contribution in [0.1, 0.15) is 13.3 Å². The first-order chi connectivity index (χ1) is 5.43. The number of rotatable bonds is 3. The van der Waals surface area contributed by atoms with Crippen LogP contribution in [0.15, 0.2) is 5.51 Å². The van der Waals surface area contributed by atoms with E-state index in [1.165, 1.54) is 11.3 Å². The summed E-state index contributed by atoms with van der Waals surface area (Å²) in [6.07, 6.45) is 0.857. The molecule has 0 atom stereocenters. The summed E-state index contributed by atoms with van der Waals surface area (Å²) in [5, 5.41) is 11.5. The summed E-state index contributed by atoms with van der Waals surface area (Å²) in [7, 11) is 0. The fraction of sp³-hybridized carbons (Fsp3) is 0.429. The second-order valence-corrected chi connectivity index (χ2v) is 2.68. The lowest BCUT2D eigenvalue weighted by molar-refractivity contribution is 1.04. The SMILES string of the molecule is CC#CCCNc1nncs1. The molecule has 1 N–H and O–H groups in total. The molecular weight excluding hydrogens is 158 g/mol. The van der Waals surface area contributed by atoms with Crippen molar-refractivity contribution in [3.63, 3.8) is 0 Å². The van der Waals surface area contributed by atoms with Crippen LogP contribution in [0, 0.1) is 11.8 Å². The van der Waals surface area contributed by atoms with Crippen molar-refractivity contribution in [2.24, 2.45) is 0 Å². The molecule has 1 heterocycles. The molecule has 0 aliphatic rings. The van der Waals surface area contributed by atoms with E-state index >= 15 is 0 Å². The third-order valence-electron chi connectivity index (χ3n) is 1.06. The molecule has 0 amide bonds. The first-order valence-corrected chi connectivity index (χ1v) is 4.21. The number of nitrogens with zero attached hydrogens (tertiary/aromatic N) is 2. The highest BCUT2D eigenvalue weighted by atomic mass is 32.1. The summed E-state index contributed by atoms with van der Waals surface area (Å²) >= 11 is 1.50. The Hall–Kier alpha value is -1.08. The van der Waals surface area contributed by atoms with Gasteiger partial charge < -0.3 is 5.32 Å². The summed E-state index contributed by atoms with van der Waals surface area (Å²) in [5.41, 5.74) is 1.70. The van der Waals surface area contributed by atoms with Gasteiger partial charge >= 0.3 is 0 Å². The lowest BCUT2D eigenvalue weighted by Gasteiger charge is -1.94. The van der Waals surface area contributed by atoms with Gasteiger partial charge in [0, 0.05) is 13.0 Å². The summed E-state index contributed by atoms with van der Waals surface area (Å²) in [6.45, 7) is 2.68. The molecule has 58 valence electrons. The molecule has 0 bridgehead atoms. The molecule has 3 nitrogen and oxygen atoms in total. The Kier molecular flexibility index (Phi) is 3.42. The Bertz CT molecular complexity index is 244. The molecule has 0 aromatic carbocycles. The third kappa shape index (κ3) is 3.01. The van der Waals surface area contributed by atoms with Crippen LogP contribution in [0.25, 0.3) is 0 Å². The van der Waals surface area contributed by atoms with Crippen molar-refractivity contribution in [2.75, 3.05) is 11.9 Å². The lowest BCUT2D eigenvalue weighted by Crippen LogP contribution is -1.99. The lowest BCUT2D eigenvalue weighted by atomic mass is 10.4. The Balaban J connectivity index is 2.17. The minimum Gasteiger partial charge on any atom is -0.359 e. The van der Waals surface area contributed by atoms with Crippen LogP contribution in [-0.2, 0) is 0 Å². The minimum absolute atomic E-state index is 0.843. The van der Waals surface area contributed by atoms with Gasteiger partial charge in [-0.05, 0) is 6.92 Å². The predicted octanol–water partition coefficient (Wildman–Crippen LogP) is 1.36. The highest BCUT2D eigenvalue weighted by molar-refractivity contribution is 7.13. The monoisotopic (exact) mass is 167 g/mol. The zero-order valence-electron chi connectivity index (χ0n) is 6.29. The van der Waals surface area contributed by atoms with Gasteiger partial charge in [-0.3, -0.25) is 0 Å². The van der Waals surface area contributed by atoms with E-state index in [0.29, 0.717) is 0 Å². The second-order valence-electron chi connectivity index (χ2n) is 1.85. The van der Waals surface area contributed by atoms with Crippen molar-refractivity contribution in [3.05, 3.63) is 5.51 Å². The molecule has 0 saturated carbocycles. The molecule has 1 rings (SSSR count). The summed E-state index contributed by atoms with van der Waals surface area (Å²) in [5.74, 6) is 5.78. The van der Waals surface area contributed by atoms with Crippen LogP contribution >= 0.6 is 11.3 Å². The fourth-order valence-electron chi connectivity index (χ4n) is 0.607. The van der Waals surface area contributed by atoms with Crippen molar-refractivity contribution in [3.8, 4) is 11.8 Å². The highest BCUT2D eigenvalue weighted by Gasteiger charge is 1.91. The number of nitrogens with one attached hydrogen (secondary N) is 1. The first-order valence-electron chi connectivity index (χ1n) is 3.33. The van der Waals surface area contributed by atoms with Crippen molar-refractivity contribution in [1.82, 2.24) is 10.2 Å². The highest BCUT2D eigenvalue weighted by Crippen LogP contribution is 2.06. The predicted molar refractivity (Wildman–Crippen MR) is 46.5 cm³/mol. The van der Waals surface area contributed by atoms with E-state index in [1.54, 1.807) is 5.51 Å². The normalized spacial score (nSPS) is 8.45. The first kappa shape index (κ1) is 8.02. The van der Waals surface area contributed by atoms with Gasteiger partial charge in [-0.2, -0.15) is 0 Å². The zero-order chi connectivity index (χ0) is 7.94. The van der Waals surface area contributed by atoms with Crippen molar-refractivity contribution in [2.45, 2.75) is 13.3 Å². The molecule has 0 unspecified atom stereocenters. The number of aromatic nitrogens is 2. The maximum Gasteiger partial charge on any atom is 0.205 e. The molecule has 0 aliphatic carbocycles. The topological polar surface area (TPSA) is 37.8 Å². The van der Waals surface area contributed by atoms with Gasteiger partial charge in [-0.1, -0.05) is 11.3 Å². The van der Waals surface area contributed by atoms with Crippen LogP contribution < -0.4 is 5.32 Å². The number of anilines is 1. The van der Waals surface area contributed by atoms with Gasteiger partial charge in [0.1, 0.15) is 5.51 Å². The average molecular weight is 167 g/mol. The molecule has 0 aliphatic heterocycles. The van der Waals surface area contributed by atoms with Gasteiger partial charge in [0.2, 0.25) is 5.13 Å². The molecular formula is C7H9N3S. The minimum atomic E-state index is 0.843. The number of hydrogen-bond donors (Lipinski definition) is 1. The summed E-state index contributed by atoms with van der Waals surface area (Å²) < 4.78 is 0. The smallest absolute Gasteiger partial charge is 0.205 e. The van der Waals surface area contributed by atoms with Crippen molar-refractivity contribution < 1.29 is 0 Å². The molecule has 1 aromatic heterocycles. The van der Waals surface area contributed by atoms with Crippen LogP contribution in [0.3, 0.4) is 0 Å². The van der Waals surface area contributed by atoms with E-state index in [0.717, 1.165) is 18.1 Å². The maximum atomic E-state index is 3.82. The van der Waals surface area contributed by atoms with Gasteiger partial charge in [-0.15, -0.1) is 22.0 Å².